The van der Waals surface area contributed by atoms with E-state index in [0.29, 0.717) is 12.1 Å². The first-order valence-electron chi connectivity index (χ1n) is 5.69. The van der Waals surface area contributed by atoms with Crippen molar-refractivity contribution in [3.63, 3.8) is 0 Å². The first-order valence-corrected chi connectivity index (χ1v) is 5.69. The highest BCUT2D eigenvalue weighted by atomic mass is 16.6. The molecule has 0 saturated heterocycles. The maximum absolute atomic E-state index is 10.9. The second-order valence-corrected chi connectivity index (χ2v) is 4.28. The van der Waals surface area contributed by atoms with E-state index in [4.69, 9.17) is 0 Å². The van der Waals surface area contributed by atoms with Crippen molar-refractivity contribution in [1.29, 1.82) is 0 Å². The van der Waals surface area contributed by atoms with Crippen LogP contribution in [-0.2, 0) is 6.54 Å². The SMILES string of the molecule is Cc1cc(C)c([N+](=O)[O-])cc1NCc1cc[nH]c1. The minimum absolute atomic E-state index is 0.150. The third kappa shape index (κ3) is 2.51. The first kappa shape index (κ1) is 12.2. The Labute approximate surface area is 105 Å². The summed E-state index contributed by atoms with van der Waals surface area (Å²) in [5, 5.41) is 14.1. The minimum Gasteiger partial charge on any atom is -0.380 e. The molecule has 0 amide bonds. The van der Waals surface area contributed by atoms with E-state index in [1.807, 2.05) is 31.5 Å². The number of rotatable bonds is 4. The predicted molar refractivity (Wildman–Crippen MR) is 70.7 cm³/mol. The van der Waals surface area contributed by atoms with Gasteiger partial charge in [-0.15, -0.1) is 0 Å². The number of aromatic nitrogens is 1. The largest absolute Gasteiger partial charge is 0.380 e. The summed E-state index contributed by atoms with van der Waals surface area (Å²) in [6.07, 6.45) is 3.74. The van der Waals surface area contributed by atoms with Gasteiger partial charge in [0.15, 0.2) is 0 Å². The van der Waals surface area contributed by atoms with Gasteiger partial charge in [0.05, 0.1) is 4.92 Å². The summed E-state index contributed by atoms with van der Waals surface area (Å²) in [5.41, 5.74) is 3.75. The zero-order chi connectivity index (χ0) is 13.1. The lowest BCUT2D eigenvalue weighted by Crippen LogP contribution is -2.02. The Hall–Kier alpha value is -2.30. The summed E-state index contributed by atoms with van der Waals surface area (Å²) in [6, 6.07) is 5.39. The predicted octanol–water partition coefficient (Wildman–Crippen LogP) is 3.15. The van der Waals surface area contributed by atoms with E-state index in [1.165, 1.54) is 0 Å². The number of nitro benzene ring substituents is 1. The lowest BCUT2D eigenvalue weighted by atomic mass is 10.1. The molecule has 0 radical (unpaired) electrons. The number of nitrogens with zero attached hydrogens (tertiary/aromatic N) is 1. The van der Waals surface area contributed by atoms with Crippen LogP contribution in [0.1, 0.15) is 16.7 Å². The number of aryl methyl sites for hydroxylation is 2. The van der Waals surface area contributed by atoms with Gasteiger partial charge in [-0.05, 0) is 37.1 Å². The molecular formula is C13H15N3O2. The van der Waals surface area contributed by atoms with Crippen LogP contribution in [0.2, 0.25) is 0 Å². The van der Waals surface area contributed by atoms with Crippen LogP contribution >= 0.6 is 0 Å². The monoisotopic (exact) mass is 245 g/mol. The first-order chi connectivity index (χ1) is 8.58. The number of anilines is 1. The average Bonchev–Trinajstić information content (AvgIpc) is 2.80. The van der Waals surface area contributed by atoms with Gasteiger partial charge in [-0.25, -0.2) is 0 Å². The highest BCUT2D eigenvalue weighted by molar-refractivity contribution is 5.60. The van der Waals surface area contributed by atoms with E-state index in [0.717, 1.165) is 16.8 Å². The van der Waals surface area contributed by atoms with E-state index in [1.54, 1.807) is 13.0 Å². The molecule has 1 aromatic heterocycles. The number of nitro groups is 1. The Balaban J connectivity index is 2.22. The van der Waals surface area contributed by atoms with Gasteiger partial charge in [-0.3, -0.25) is 10.1 Å². The summed E-state index contributed by atoms with van der Waals surface area (Å²) < 4.78 is 0. The Kier molecular flexibility index (Phi) is 3.32. The third-order valence-corrected chi connectivity index (χ3v) is 2.88. The van der Waals surface area contributed by atoms with Gasteiger partial charge < -0.3 is 10.3 Å². The van der Waals surface area contributed by atoms with Crippen molar-refractivity contribution in [2.45, 2.75) is 20.4 Å². The van der Waals surface area contributed by atoms with Crippen molar-refractivity contribution in [2.24, 2.45) is 0 Å². The summed E-state index contributed by atoms with van der Waals surface area (Å²) in [5.74, 6) is 0. The van der Waals surface area contributed by atoms with Gasteiger partial charge >= 0.3 is 0 Å². The second kappa shape index (κ2) is 4.91. The van der Waals surface area contributed by atoms with Gasteiger partial charge in [0, 0.05) is 36.3 Å². The highest BCUT2D eigenvalue weighted by Crippen LogP contribution is 2.26. The molecule has 1 aromatic carbocycles. The molecule has 5 nitrogen and oxygen atoms in total. The van der Waals surface area contributed by atoms with Crippen molar-refractivity contribution >= 4 is 11.4 Å². The van der Waals surface area contributed by atoms with Crippen molar-refractivity contribution < 1.29 is 4.92 Å². The maximum Gasteiger partial charge on any atom is 0.274 e. The summed E-state index contributed by atoms with van der Waals surface area (Å²) in [6.45, 7) is 4.34. The maximum atomic E-state index is 10.9. The molecule has 5 heteroatoms. The quantitative estimate of drug-likeness (QED) is 0.642. The molecule has 0 spiro atoms. The lowest BCUT2D eigenvalue weighted by molar-refractivity contribution is -0.385. The minimum atomic E-state index is -0.351. The molecule has 0 aliphatic carbocycles. The van der Waals surface area contributed by atoms with Crippen LogP contribution in [0.25, 0.3) is 0 Å². The fourth-order valence-corrected chi connectivity index (χ4v) is 1.89. The number of hydrogen-bond donors (Lipinski definition) is 2. The molecule has 0 atom stereocenters. The Morgan fingerprint density at radius 2 is 2.11 bits per heavy atom. The van der Waals surface area contributed by atoms with Crippen LogP contribution in [0.3, 0.4) is 0 Å². The Morgan fingerprint density at radius 1 is 1.33 bits per heavy atom. The van der Waals surface area contributed by atoms with Crippen LogP contribution in [0, 0.1) is 24.0 Å². The number of aromatic amines is 1. The van der Waals surface area contributed by atoms with Crippen LogP contribution in [0.15, 0.2) is 30.6 Å². The topological polar surface area (TPSA) is 71.0 Å². The van der Waals surface area contributed by atoms with Gasteiger partial charge in [-0.2, -0.15) is 0 Å². The van der Waals surface area contributed by atoms with Crippen LogP contribution < -0.4 is 5.32 Å². The zero-order valence-corrected chi connectivity index (χ0v) is 10.4. The Morgan fingerprint density at radius 3 is 2.72 bits per heavy atom. The van der Waals surface area contributed by atoms with E-state index >= 15 is 0 Å². The van der Waals surface area contributed by atoms with E-state index in [9.17, 15) is 10.1 Å². The molecule has 0 aliphatic rings. The molecule has 0 bridgehead atoms. The van der Waals surface area contributed by atoms with E-state index in [-0.39, 0.29) is 10.6 Å². The lowest BCUT2D eigenvalue weighted by Gasteiger charge is -2.10. The number of H-pyrrole nitrogens is 1. The molecule has 2 rings (SSSR count). The standard InChI is InChI=1S/C13H15N3O2/c1-9-5-10(2)13(16(17)18)6-12(9)15-8-11-3-4-14-7-11/h3-7,14-15H,8H2,1-2H3. The van der Waals surface area contributed by atoms with E-state index < -0.39 is 0 Å². The fourth-order valence-electron chi connectivity index (χ4n) is 1.89. The molecule has 0 saturated carbocycles. The van der Waals surface area contributed by atoms with Crippen molar-refractivity contribution in [2.75, 3.05) is 5.32 Å². The van der Waals surface area contributed by atoms with E-state index in [2.05, 4.69) is 10.3 Å². The number of benzene rings is 1. The average molecular weight is 245 g/mol. The molecule has 18 heavy (non-hydrogen) atoms. The molecular weight excluding hydrogens is 230 g/mol. The van der Waals surface area contributed by atoms with Gasteiger partial charge in [0.1, 0.15) is 0 Å². The molecule has 2 aromatic rings. The van der Waals surface area contributed by atoms with Crippen molar-refractivity contribution in [3.8, 4) is 0 Å². The van der Waals surface area contributed by atoms with Crippen LogP contribution in [-0.4, -0.2) is 9.91 Å². The van der Waals surface area contributed by atoms with Crippen LogP contribution in [0.5, 0.6) is 0 Å². The number of nitrogens with one attached hydrogen (secondary N) is 2. The van der Waals surface area contributed by atoms with Gasteiger partial charge in [0.25, 0.3) is 5.69 Å². The molecule has 94 valence electrons. The number of hydrogen-bond acceptors (Lipinski definition) is 3. The third-order valence-electron chi connectivity index (χ3n) is 2.88. The van der Waals surface area contributed by atoms with Crippen molar-refractivity contribution in [3.05, 3.63) is 57.4 Å². The Bertz CT molecular complexity index is 562. The van der Waals surface area contributed by atoms with Crippen molar-refractivity contribution in [1.82, 2.24) is 4.98 Å². The molecule has 1 heterocycles. The molecule has 0 fully saturated rings. The van der Waals surface area contributed by atoms with Gasteiger partial charge in [-0.1, -0.05) is 0 Å². The summed E-state index contributed by atoms with van der Waals surface area (Å²) in [7, 11) is 0. The molecule has 0 aliphatic heterocycles. The van der Waals surface area contributed by atoms with Gasteiger partial charge in [0.2, 0.25) is 0 Å². The van der Waals surface area contributed by atoms with Crippen LogP contribution in [0.4, 0.5) is 11.4 Å². The fraction of sp³-hybridized carbons (Fsp3) is 0.231. The normalized spacial score (nSPS) is 10.3. The molecule has 0 unspecified atom stereocenters. The highest BCUT2D eigenvalue weighted by Gasteiger charge is 2.13. The second-order valence-electron chi connectivity index (χ2n) is 4.28. The molecule has 2 N–H and O–H groups in total. The summed E-state index contributed by atoms with van der Waals surface area (Å²) in [4.78, 5) is 13.5. The zero-order valence-electron chi connectivity index (χ0n) is 10.4. The summed E-state index contributed by atoms with van der Waals surface area (Å²) >= 11 is 0. The smallest absolute Gasteiger partial charge is 0.274 e.